The van der Waals surface area contributed by atoms with Crippen molar-refractivity contribution in [3.05, 3.63) is 199 Å². The first-order valence-electron chi connectivity index (χ1n) is 33.4. The van der Waals surface area contributed by atoms with Crippen LogP contribution in [0.4, 0.5) is 0 Å². The third-order valence-electron chi connectivity index (χ3n) is 15.2. The van der Waals surface area contributed by atoms with Crippen molar-refractivity contribution in [1.82, 2.24) is 0 Å². The molecule has 0 N–H and O–H groups in total. The minimum Gasteiger partial charge on any atom is -0.346 e. The Labute approximate surface area is 577 Å². The highest BCUT2D eigenvalue weighted by molar-refractivity contribution is 6.49. The van der Waals surface area contributed by atoms with Gasteiger partial charge >= 0.3 is 0 Å². The molecule has 5 aromatic rings. The van der Waals surface area contributed by atoms with Crippen molar-refractivity contribution < 1.29 is 105 Å². The number of hydrogen-bond donors (Lipinski definition) is 0. The Balaban J connectivity index is 0.000000234. The van der Waals surface area contributed by atoms with E-state index < -0.39 is 55.1 Å². The third-order valence-corrected chi connectivity index (χ3v) is 15.2. The molecule has 0 amide bonds. The molecule has 0 aliphatic heterocycles. The molecule has 0 bridgehead atoms. The summed E-state index contributed by atoms with van der Waals surface area (Å²) in [6, 6.07) is 26.8. The maximum atomic E-state index is 13.4. The number of allylic oxidation sites excluding steroid dienone is 4. The molecule has 3 aliphatic carbocycles. The van der Waals surface area contributed by atoms with E-state index in [4.69, 9.17) is 56.8 Å². The maximum Gasteiger partial charge on any atom is 0.233 e. The fourth-order valence-electron chi connectivity index (χ4n) is 10.6. The number of benzene rings is 5. The first-order chi connectivity index (χ1) is 47.8. The van der Waals surface area contributed by atoms with Crippen LogP contribution in [0.5, 0.6) is 0 Å². The van der Waals surface area contributed by atoms with E-state index in [1.54, 1.807) is 150 Å². The van der Waals surface area contributed by atoms with Crippen LogP contribution < -0.4 is 0 Å². The van der Waals surface area contributed by atoms with Crippen LogP contribution in [-0.4, -0.2) is 175 Å². The summed E-state index contributed by atoms with van der Waals surface area (Å²) in [6.45, 7) is 25.1. The molecule has 0 fully saturated rings. The van der Waals surface area contributed by atoms with Gasteiger partial charge in [0.15, 0.2) is 11.6 Å². The molecule has 99 heavy (non-hydrogen) atoms. The van der Waals surface area contributed by atoms with Gasteiger partial charge in [-0.3, -0.25) is 47.9 Å². The Kier molecular flexibility index (Phi) is 32.1. The van der Waals surface area contributed by atoms with Crippen molar-refractivity contribution >= 4 is 69.5 Å². The number of ether oxygens (including phenoxy) is 12. The highest BCUT2D eigenvalue weighted by atomic mass is 16.7. The van der Waals surface area contributed by atoms with E-state index in [2.05, 4.69) is 0 Å². The van der Waals surface area contributed by atoms with Crippen LogP contribution in [0.25, 0.3) is 11.6 Å². The molecule has 0 atom stereocenters. The third kappa shape index (κ3) is 20.4. The van der Waals surface area contributed by atoms with Crippen LogP contribution in [0, 0.1) is 0 Å². The molecule has 0 heterocycles. The lowest BCUT2D eigenvalue weighted by Gasteiger charge is -2.22. The van der Waals surface area contributed by atoms with Crippen LogP contribution in [-0.2, 0) is 72.9 Å². The van der Waals surface area contributed by atoms with E-state index in [1.807, 2.05) is 0 Å². The Hall–Kier alpha value is -8.46. The van der Waals surface area contributed by atoms with Crippen LogP contribution in [0.3, 0.4) is 0 Å². The zero-order chi connectivity index (χ0) is 72.3. The second-order valence-electron chi connectivity index (χ2n) is 21.6. The van der Waals surface area contributed by atoms with Gasteiger partial charge in [0.2, 0.25) is 84.0 Å². The Bertz CT molecular complexity index is 3580. The van der Waals surface area contributed by atoms with Gasteiger partial charge in [-0.15, -0.1) is 0 Å². The normalized spacial score (nSPS) is 12.8. The highest BCUT2D eigenvalue weighted by Gasteiger charge is 2.36. The van der Waals surface area contributed by atoms with Crippen LogP contribution in [0.1, 0.15) is 194 Å². The largest absolute Gasteiger partial charge is 0.346 e. The quantitative estimate of drug-likeness (QED) is 0.0150. The van der Waals surface area contributed by atoms with E-state index in [-0.39, 0.29) is 70.4 Å². The van der Waals surface area contributed by atoms with Crippen molar-refractivity contribution in [2.24, 2.45) is 0 Å². The van der Waals surface area contributed by atoms with Gasteiger partial charge in [0, 0.05) is 135 Å². The van der Waals surface area contributed by atoms with Gasteiger partial charge in [-0.1, -0.05) is 91.0 Å². The molecule has 22 heteroatoms. The average molecular weight is 1370 g/mol. The van der Waals surface area contributed by atoms with Gasteiger partial charge in [0.05, 0.1) is 5.57 Å². The number of Topliss-reactive ketones (excluding diaryl/α,β-unsaturated/α-hetero) is 9. The predicted octanol–water partition coefficient (Wildman–Crippen LogP) is 11.4. The van der Waals surface area contributed by atoms with Crippen LogP contribution in [0.15, 0.2) is 126 Å². The summed E-state index contributed by atoms with van der Waals surface area (Å²) in [7, 11) is 0. The molecule has 0 spiro atoms. The summed E-state index contributed by atoms with van der Waals surface area (Å²) in [5, 5.41) is 0. The molecular weight excluding hydrogens is 1280 g/mol. The van der Waals surface area contributed by atoms with Crippen molar-refractivity contribution in [3.63, 3.8) is 0 Å². The Morgan fingerprint density at radius 2 is 0.566 bits per heavy atom. The van der Waals surface area contributed by atoms with Crippen molar-refractivity contribution in [2.75, 3.05) is 79.3 Å². The van der Waals surface area contributed by atoms with Crippen molar-refractivity contribution in [2.45, 2.75) is 127 Å². The fourth-order valence-corrected chi connectivity index (χ4v) is 10.6. The number of fused-ring (bicyclic) bond motifs is 5. The Morgan fingerprint density at radius 3 is 0.889 bits per heavy atom. The molecule has 5 aromatic carbocycles. The van der Waals surface area contributed by atoms with Crippen LogP contribution in [0.2, 0.25) is 0 Å². The summed E-state index contributed by atoms with van der Waals surface area (Å²) in [5.74, 6) is -4.27. The molecule has 0 saturated heterocycles. The standard InChI is InChI=1S/C26H30O8.C26H30O7.C25H28O7/c1-5-31-25(32-6-2)23(29)19-13-9-17(10-14-19)21(27)22(28)18-11-15-20(16-12-18)24(30)26(33-7-3)34-8-4;1-5-30-25(31-6-2)22(27)18-11-9-16-13-17-10-12-19(15-21(17)24(29)20(16)14-18)23(28)26(32-7-3)33-8-4;1-5-29-24(30-6-2)21(26)15-9-10-17-16(13-15)14-20-18(17)11-12-19(22(20)27)23(28)25(31-7-3)32-8-4/h9-16,25-26H,5-8H2,1-4H3;9-12,14-15,25-26H,5-8,13H2,1-4H3;9-14,24-25H,5-8H2,1-4H3. The lowest BCUT2D eigenvalue weighted by molar-refractivity contribution is -0.164. The summed E-state index contributed by atoms with van der Waals surface area (Å²) in [6.07, 6.45) is -0.674. The second-order valence-corrected chi connectivity index (χ2v) is 21.6. The van der Waals surface area contributed by atoms with Crippen molar-refractivity contribution in [3.8, 4) is 0 Å². The zero-order valence-electron chi connectivity index (χ0n) is 58.2. The zero-order valence-corrected chi connectivity index (χ0v) is 58.2. The second kappa shape index (κ2) is 40.0. The first kappa shape index (κ1) is 79.5. The van der Waals surface area contributed by atoms with E-state index in [1.165, 1.54) is 54.6 Å². The topological polar surface area (TPSA) is 281 Å². The average Bonchev–Trinajstić information content (AvgIpc) is 1.72. The Morgan fingerprint density at radius 1 is 0.293 bits per heavy atom. The molecule has 0 saturated carbocycles. The van der Waals surface area contributed by atoms with Gasteiger partial charge in [-0.05, 0) is 148 Å². The van der Waals surface area contributed by atoms with E-state index >= 15 is 0 Å². The number of rotatable bonds is 39. The fraction of sp³-hybridized carbons (Fsp3) is 0.403. The molecule has 8 rings (SSSR count). The number of carbonyl (C=O) groups excluding carboxylic acids is 10. The van der Waals surface area contributed by atoms with E-state index in [0.717, 1.165) is 27.8 Å². The minimum atomic E-state index is -1.11. The van der Waals surface area contributed by atoms with Gasteiger partial charge in [0.1, 0.15) is 0 Å². The predicted molar refractivity (Wildman–Crippen MR) is 365 cm³/mol. The monoisotopic (exact) mass is 1360 g/mol. The van der Waals surface area contributed by atoms with Crippen LogP contribution >= 0.6 is 0 Å². The lowest BCUT2D eigenvalue weighted by Crippen LogP contribution is -2.32. The molecular formula is C77H88O22. The van der Waals surface area contributed by atoms with E-state index in [9.17, 15) is 47.9 Å². The van der Waals surface area contributed by atoms with Gasteiger partial charge in [-0.25, -0.2) is 0 Å². The number of hydrogen-bond acceptors (Lipinski definition) is 22. The molecule has 0 aromatic heterocycles. The molecule has 22 nitrogen and oxygen atoms in total. The summed E-state index contributed by atoms with van der Waals surface area (Å²) in [5.41, 5.74) is 7.23. The number of carbonyl (C=O) groups is 10. The van der Waals surface area contributed by atoms with Gasteiger partial charge < -0.3 is 56.8 Å². The van der Waals surface area contributed by atoms with Gasteiger partial charge in [0.25, 0.3) is 0 Å². The SMILES string of the molecule is CCOC(OCC)C(=O)C1=CC=C2C(=Cc3cc(C(=O)C(OCC)OCC)ccc32)C1=O.CCOC(OCC)C(=O)c1ccc(C(=O)C(=O)c2ccc(C(=O)C(OCC)OCC)cc2)cc1.CCOC(OCC)C(=O)c1ccc2c(c1)C(=O)c1cc(C(=O)C(OCC)OCC)ccc1C2. The lowest BCUT2D eigenvalue weighted by atomic mass is 9.83. The van der Waals surface area contributed by atoms with E-state index in [0.29, 0.717) is 117 Å². The minimum absolute atomic E-state index is 0.0174. The highest BCUT2D eigenvalue weighted by Crippen LogP contribution is 2.40. The molecule has 0 radical (unpaired) electrons. The molecule has 528 valence electrons. The van der Waals surface area contributed by atoms with Crippen molar-refractivity contribution in [1.29, 1.82) is 0 Å². The van der Waals surface area contributed by atoms with Gasteiger partial charge in [-0.2, -0.15) is 0 Å². The smallest absolute Gasteiger partial charge is 0.233 e. The first-order valence-corrected chi connectivity index (χ1v) is 33.4. The molecule has 0 unspecified atom stereocenters. The maximum absolute atomic E-state index is 13.4. The summed E-state index contributed by atoms with van der Waals surface area (Å²) in [4.78, 5) is 128. The summed E-state index contributed by atoms with van der Waals surface area (Å²) < 4.78 is 64.4. The number of ketones is 10. The molecule has 3 aliphatic rings. The summed E-state index contributed by atoms with van der Waals surface area (Å²) >= 11 is 0.